The molecular formula is C17H14N4S2. The summed E-state index contributed by atoms with van der Waals surface area (Å²) in [7, 11) is 0. The van der Waals surface area contributed by atoms with Gasteiger partial charge in [-0.05, 0) is 35.7 Å². The molecule has 2 N–H and O–H groups in total. The largest absolute Gasteiger partial charge is 0.338 e. The van der Waals surface area contributed by atoms with E-state index in [-0.39, 0.29) is 0 Å². The highest BCUT2D eigenvalue weighted by atomic mass is 32.2. The van der Waals surface area contributed by atoms with Crippen LogP contribution in [0, 0.1) is 0 Å². The molecule has 0 atom stereocenters. The summed E-state index contributed by atoms with van der Waals surface area (Å²) in [5.41, 5.74) is 2.02. The van der Waals surface area contributed by atoms with Crippen molar-refractivity contribution in [3.63, 3.8) is 0 Å². The lowest BCUT2D eigenvalue weighted by atomic mass is 10.2. The van der Waals surface area contributed by atoms with Crippen LogP contribution in [0.3, 0.4) is 0 Å². The normalized spacial score (nSPS) is 11.0. The van der Waals surface area contributed by atoms with Gasteiger partial charge in [0.1, 0.15) is 0 Å². The molecule has 0 amide bonds. The van der Waals surface area contributed by atoms with Gasteiger partial charge in [0.2, 0.25) is 0 Å². The fourth-order valence-electron chi connectivity index (χ4n) is 2.30. The second-order valence-electron chi connectivity index (χ2n) is 4.99. The molecule has 3 aromatic heterocycles. The zero-order valence-corrected chi connectivity index (χ0v) is 13.8. The first-order chi connectivity index (χ1) is 11.4. The van der Waals surface area contributed by atoms with E-state index in [1.54, 1.807) is 23.1 Å². The van der Waals surface area contributed by atoms with Crippen LogP contribution < -0.4 is 5.32 Å². The van der Waals surface area contributed by atoms with Crippen LogP contribution in [0.5, 0.6) is 0 Å². The summed E-state index contributed by atoms with van der Waals surface area (Å²) in [6.45, 7) is 0. The standard InChI is InChI=1S/C17H14N4S2/c1-2-6-15-14(5-1)17(21-20-15)19-12-7-8-18-16(10-12)23-11-13-4-3-9-22-13/h1-10H,11H2,(H2,18,19,20,21). The number of aromatic amines is 1. The van der Waals surface area contributed by atoms with Crippen molar-refractivity contribution in [1.29, 1.82) is 0 Å². The van der Waals surface area contributed by atoms with Gasteiger partial charge in [0, 0.05) is 27.9 Å². The zero-order chi connectivity index (χ0) is 15.5. The van der Waals surface area contributed by atoms with E-state index in [1.807, 2.05) is 30.5 Å². The molecule has 0 aliphatic rings. The van der Waals surface area contributed by atoms with E-state index < -0.39 is 0 Å². The van der Waals surface area contributed by atoms with Crippen LogP contribution in [0.1, 0.15) is 4.88 Å². The number of hydrogen-bond acceptors (Lipinski definition) is 5. The monoisotopic (exact) mass is 338 g/mol. The van der Waals surface area contributed by atoms with Gasteiger partial charge in [0.15, 0.2) is 5.82 Å². The molecule has 23 heavy (non-hydrogen) atoms. The summed E-state index contributed by atoms with van der Waals surface area (Å²) in [5, 5.41) is 14.9. The highest BCUT2D eigenvalue weighted by Crippen LogP contribution is 2.27. The van der Waals surface area contributed by atoms with Crippen molar-refractivity contribution in [1.82, 2.24) is 15.2 Å². The number of nitrogens with one attached hydrogen (secondary N) is 2. The molecule has 0 aliphatic carbocycles. The second kappa shape index (κ2) is 6.44. The average Bonchev–Trinajstić information content (AvgIpc) is 3.24. The molecule has 0 saturated carbocycles. The number of para-hydroxylation sites is 1. The van der Waals surface area contributed by atoms with E-state index in [0.29, 0.717) is 0 Å². The number of aromatic nitrogens is 3. The molecule has 114 valence electrons. The van der Waals surface area contributed by atoms with Crippen LogP contribution >= 0.6 is 23.1 Å². The maximum Gasteiger partial charge on any atom is 0.160 e. The lowest BCUT2D eigenvalue weighted by molar-refractivity contribution is 1.11. The number of benzene rings is 1. The quantitative estimate of drug-likeness (QED) is 0.500. The predicted molar refractivity (Wildman–Crippen MR) is 97.5 cm³/mol. The van der Waals surface area contributed by atoms with E-state index in [2.05, 4.69) is 50.1 Å². The van der Waals surface area contributed by atoms with Crippen LogP contribution in [0.15, 0.2) is 65.1 Å². The minimum atomic E-state index is 0.834. The molecule has 0 saturated heterocycles. The van der Waals surface area contributed by atoms with Crippen molar-refractivity contribution in [2.75, 3.05) is 5.32 Å². The first-order valence-corrected chi connectivity index (χ1v) is 9.06. The van der Waals surface area contributed by atoms with Gasteiger partial charge in [-0.25, -0.2) is 4.98 Å². The maximum absolute atomic E-state index is 4.43. The molecule has 0 unspecified atom stereocenters. The molecule has 3 heterocycles. The lowest BCUT2D eigenvalue weighted by Crippen LogP contribution is -1.92. The van der Waals surface area contributed by atoms with Gasteiger partial charge in [0.05, 0.1) is 10.5 Å². The van der Waals surface area contributed by atoms with Gasteiger partial charge in [0.25, 0.3) is 0 Å². The van der Waals surface area contributed by atoms with Crippen molar-refractivity contribution in [3.05, 3.63) is 65.0 Å². The topological polar surface area (TPSA) is 53.6 Å². The maximum atomic E-state index is 4.43. The van der Waals surface area contributed by atoms with E-state index in [1.165, 1.54) is 4.88 Å². The Kier molecular flexibility index (Phi) is 4.00. The van der Waals surface area contributed by atoms with Gasteiger partial charge in [-0.2, -0.15) is 5.10 Å². The summed E-state index contributed by atoms with van der Waals surface area (Å²) >= 11 is 3.51. The second-order valence-corrected chi connectivity index (χ2v) is 7.02. The van der Waals surface area contributed by atoms with Crippen LogP contribution in [0.2, 0.25) is 0 Å². The number of anilines is 2. The smallest absolute Gasteiger partial charge is 0.160 e. The van der Waals surface area contributed by atoms with Crippen LogP contribution in [-0.4, -0.2) is 15.2 Å². The van der Waals surface area contributed by atoms with Gasteiger partial charge in [-0.3, -0.25) is 5.10 Å². The van der Waals surface area contributed by atoms with Crippen LogP contribution in [0.25, 0.3) is 10.9 Å². The molecule has 0 fully saturated rings. The van der Waals surface area contributed by atoms with Crippen molar-refractivity contribution >= 4 is 45.5 Å². The Hall–Kier alpha value is -2.31. The Morgan fingerprint density at radius 1 is 1.13 bits per heavy atom. The SMILES string of the molecule is c1csc(CSc2cc(Nc3n[nH]c4ccccc34)ccn2)c1. The molecule has 0 aliphatic heterocycles. The number of pyridine rings is 1. The molecular weight excluding hydrogens is 324 g/mol. The van der Waals surface area contributed by atoms with Gasteiger partial charge in [-0.15, -0.1) is 23.1 Å². The van der Waals surface area contributed by atoms with E-state index in [4.69, 9.17) is 0 Å². The molecule has 0 bridgehead atoms. The third kappa shape index (κ3) is 3.23. The summed E-state index contributed by atoms with van der Waals surface area (Å²) in [4.78, 5) is 5.78. The number of H-pyrrole nitrogens is 1. The highest BCUT2D eigenvalue weighted by Gasteiger charge is 2.06. The minimum Gasteiger partial charge on any atom is -0.338 e. The number of rotatable bonds is 5. The van der Waals surface area contributed by atoms with E-state index >= 15 is 0 Å². The first kappa shape index (κ1) is 14.3. The van der Waals surface area contributed by atoms with Gasteiger partial charge < -0.3 is 5.32 Å². The molecule has 0 radical (unpaired) electrons. The molecule has 6 heteroatoms. The number of nitrogens with zero attached hydrogens (tertiary/aromatic N) is 2. The Morgan fingerprint density at radius 3 is 3.00 bits per heavy atom. The minimum absolute atomic E-state index is 0.834. The zero-order valence-electron chi connectivity index (χ0n) is 12.2. The number of thioether (sulfide) groups is 1. The van der Waals surface area contributed by atoms with Crippen LogP contribution in [0.4, 0.5) is 11.5 Å². The van der Waals surface area contributed by atoms with E-state index in [9.17, 15) is 0 Å². The van der Waals surface area contributed by atoms with E-state index in [0.717, 1.165) is 33.2 Å². The van der Waals surface area contributed by atoms with Crippen molar-refractivity contribution in [2.45, 2.75) is 10.8 Å². The number of fused-ring (bicyclic) bond motifs is 1. The van der Waals surface area contributed by atoms with Crippen molar-refractivity contribution in [3.8, 4) is 0 Å². The number of thiophene rings is 1. The number of hydrogen-bond donors (Lipinski definition) is 2. The fraction of sp³-hybridized carbons (Fsp3) is 0.0588. The summed E-state index contributed by atoms with van der Waals surface area (Å²) in [6.07, 6.45) is 1.83. The summed E-state index contributed by atoms with van der Waals surface area (Å²) in [5.74, 6) is 1.78. The molecule has 4 rings (SSSR count). The third-order valence-corrected chi connectivity index (χ3v) is 5.44. The molecule has 4 nitrogen and oxygen atoms in total. The summed E-state index contributed by atoms with van der Waals surface area (Å²) in [6, 6.07) is 16.3. The molecule has 0 spiro atoms. The van der Waals surface area contributed by atoms with Crippen molar-refractivity contribution < 1.29 is 0 Å². The highest BCUT2D eigenvalue weighted by molar-refractivity contribution is 7.98. The van der Waals surface area contributed by atoms with Gasteiger partial charge in [-0.1, -0.05) is 18.2 Å². The fourth-order valence-corrected chi connectivity index (χ4v) is 3.97. The Bertz CT molecular complexity index is 915. The average molecular weight is 338 g/mol. The van der Waals surface area contributed by atoms with Crippen LogP contribution in [-0.2, 0) is 5.75 Å². The molecule has 1 aromatic carbocycles. The first-order valence-electron chi connectivity index (χ1n) is 7.20. The lowest BCUT2D eigenvalue weighted by Gasteiger charge is -2.05. The third-order valence-electron chi connectivity index (χ3n) is 3.41. The molecule has 4 aromatic rings. The predicted octanol–water partition coefficient (Wildman–Crippen LogP) is 5.06. The van der Waals surface area contributed by atoms with Gasteiger partial charge >= 0.3 is 0 Å². The Balaban J connectivity index is 1.52. The van der Waals surface area contributed by atoms with Crippen molar-refractivity contribution in [2.24, 2.45) is 0 Å². The summed E-state index contributed by atoms with van der Waals surface area (Å²) < 4.78 is 0. The Labute approximate surface area is 142 Å². The Morgan fingerprint density at radius 2 is 2.09 bits per heavy atom.